The number of nitrogens with zero attached hydrogens (tertiary/aromatic N) is 1. The molecule has 26 heavy (non-hydrogen) atoms. The van der Waals surface area contributed by atoms with E-state index in [0.29, 0.717) is 22.9 Å². The molecule has 0 aliphatic rings. The number of esters is 1. The molecule has 0 fully saturated rings. The van der Waals surface area contributed by atoms with Crippen molar-refractivity contribution < 1.29 is 9.53 Å². The third-order valence-corrected chi connectivity index (χ3v) is 4.55. The maximum Gasteiger partial charge on any atom is 0.341 e. The van der Waals surface area contributed by atoms with Crippen LogP contribution in [-0.2, 0) is 11.2 Å². The Hall–Kier alpha value is -2.59. The Morgan fingerprint density at radius 2 is 2.04 bits per heavy atom. The van der Waals surface area contributed by atoms with Crippen LogP contribution in [0.5, 0.6) is 0 Å². The van der Waals surface area contributed by atoms with Crippen molar-refractivity contribution in [3.63, 3.8) is 0 Å². The number of hydrogen-bond donors (Lipinski definition) is 1. The number of carbonyl (C=O) groups excluding carboxylic acids is 1. The minimum atomic E-state index is -0.397. The second-order valence-corrected chi connectivity index (χ2v) is 6.45. The number of para-hydroxylation sites is 1. The molecule has 0 saturated heterocycles. The number of aryl methyl sites for hydroxylation is 2. The summed E-state index contributed by atoms with van der Waals surface area (Å²) in [4.78, 5) is 17.0. The second kappa shape index (κ2) is 7.75. The van der Waals surface area contributed by atoms with Crippen LogP contribution >= 0.6 is 11.6 Å². The zero-order valence-electron chi connectivity index (χ0n) is 15.1. The first kappa shape index (κ1) is 18.2. The molecule has 0 aliphatic heterocycles. The number of aromatic nitrogens is 1. The number of nitrogens with one attached hydrogen (secondary N) is 1. The summed E-state index contributed by atoms with van der Waals surface area (Å²) in [5.41, 5.74) is 4.98. The van der Waals surface area contributed by atoms with E-state index in [-0.39, 0.29) is 0 Å². The fourth-order valence-electron chi connectivity index (χ4n) is 2.93. The molecule has 0 unspecified atom stereocenters. The van der Waals surface area contributed by atoms with Crippen molar-refractivity contribution in [2.45, 2.75) is 27.2 Å². The van der Waals surface area contributed by atoms with Gasteiger partial charge >= 0.3 is 5.97 Å². The summed E-state index contributed by atoms with van der Waals surface area (Å²) in [6.45, 7) is 6.17. The number of carbonyl (C=O) groups is 1. The van der Waals surface area contributed by atoms with Gasteiger partial charge in [-0.25, -0.2) is 4.79 Å². The van der Waals surface area contributed by atoms with E-state index < -0.39 is 5.97 Å². The van der Waals surface area contributed by atoms with Crippen molar-refractivity contribution in [1.29, 1.82) is 0 Å². The first-order chi connectivity index (χ1) is 12.5. The van der Waals surface area contributed by atoms with Crippen LogP contribution in [-0.4, -0.2) is 17.6 Å². The average Bonchev–Trinajstić information content (AvgIpc) is 2.64. The highest BCUT2D eigenvalue weighted by molar-refractivity contribution is 6.31. The quantitative estimate of drug-likeness (QED) is 0.588. The summed E-state index contributed by atoms with van der Waals surface area (Å²) in [7, 11) is 0. The lowest BCUT2D eigenvalue weighted by Crippen LogP contribution is -2.10. The van der Waals surface area contributed by atoms with Gasteiger partial charge in [0.15, 0.2) is 0 Å². The van der Waals surface area contributed by atoms with Crippen molar-refractivity contribution >= 4 is 39.8 Å². The lowest BCUT2D eigenvalue weighted by molar-refractivity contribution is 0.0527. The SMILES string of the molecule is CCOC(=O)c1cnc2c(CC)cccc2c1Nc1cc(Cl)ccc1C. The molecule has 4 nitrogen and oxygen atoms in total. The molecule has 1 heterocycles. The standard InChI is InChI=1S/C21H21ClN2O2/c1-4-14-7-6-8-16-19(14)23-12-17(21(25)26-5-2)20(16)24-18-11-15(22)10-9-13(18)3/h6-12H,4-5H2,1-3H3,(H,23,24). The summed E-state index contributed by atoms with van der Waals surface area (Å²) >= 11 is 6.16. The van der Waals surface area contributed by atoms with Gasteiger partial charge in [0.2, 0.25) is 0 Å². The number of halogens is 1. The number of benzene rings is 2. The van der Waals surface area contributed by atoms with Gasteiger partial charge in [-0.15, -0.1) is 0 Å². The molecule has 2 aromatic carbocycles. The normalized spacial score (nSPS) is 10.8. The smallest absolute Gasteiger partial charge is 0.341 e. The maximum atomic E-state index is 12.5. The summed E-state index contributed by atoms with van der Waals surface area (Å²) in [6.07, 6.45) is 2.44. The fraction of sp³-hybridized carbons (Fsp3) is 0.238. The third kappa shape index (κ3) is 3.51. The fourth-order valence-corrected chi connectivity index (χ4v) is 3.10. The molecule has 1 N–H and O–H groups in total. The van der Waals surface area contributed by atoms with Crippen LogP contribution in [0.3, 0.4) is 0 Å². The van der Waals surface area contributed by atoms with Gasteiger partial charge in [0.25, 0.3) is 0 Å². The largest absolute Gasteiger partial charge is 0.462 e. The number of fused-ring (bicyclic) bond motifs is 1. The lowest BCUT2D eigenvalue weighted by atomic mass is 10.0. The molecule has 134 valence electrons. The Labute approximate surface area is 158 Å². The first-order valence-electron chi connectivity index (χ1n) is 8.66. The van der Waals surface area contributed by atoms with Crippen LogP contribution in [0, 0.1) is 6.92 Å². The number of hydrogen-bond acceptors (Lipinski definition) is 4. The zero-order valence-corrected chi connectivity index (χ0v) is 15.9. The van der Waals surface area contributed by atoms with E-state index in [4.69, 9.17) is 16.3 Å². The van der Waals surface area contributed by atoms with Gasteiger partial charge in [-0.05, 0) is 43.5 Å². The van der Waals surface area contributed by atoms with E-state index in [1.165, 1.54) is 0 Å². The average molecular weight is 369 g/mol. The lowest BCUT2D eigenvalue weighted by Gasteiger charge is -2.17. The van der Waals surface area contributed by atoms with Gasteiger partial charge in [0, 0.05) is 22.3 Å². The molecule has 0 radical (unpaired) electrons. The molecule has 0 spiro atoms. The zero-order chi connectivity index (χ0) is 18.7. The minimum Gasteiger partial charge on any atom is -0.462 e. The molecule has 0 amide bonds. The van der Waals surface area contributed by atoms with Crippen LogP contribution in [0.25, 0.3) is 10.9 Å². The molecule has 1 aromatic heterocycles. The number of rotatable bonds is 5. The molecule has 0 bridgehead atoms. The Morgan fingerprint density at radius 3 is 2.77 bits per heavy atom. The number of pyridine rings is 1. The van der Waals surface area contributed by atoms with Crippen LogP contribution < -0.4 is 5.32 Å². The van der Waals surface area contributed by atoms with Gasteiger partial charge in [-0.3, -0.25) is 4.98 Å². The van der Waals surface area contributed by atoms with Crippen LogP contribution in [0.1, 0.15) is 35.3 Å². The molecule has 0 atom stereocenters. The molecule has 0 aliphatic carbocycles. The summed E-state index contributed by atoms with van der Waals surface area (Å²) in [5.74, 6) is -0.397. The topological polar surface area (TPSA) is 51.2 Å². The van der Waals surface area contributed by atoms with Crippen LogP contribution in [0.15, 0.2) is 42.6 Å². The van der Waals surface area contributed by atoms with Gasteiger partial charge in [-0.1, -0.05) is 42.8 Å². The van der Waals surface area contributed by atoms with Crippen molar-refractivity contribution in [1.82, 2.24) is 4.98 Å². The monoisotopic (exact) mass is 368 g/mol. The van der Waals surface area contributed by atoms with Crippen LogP contribution in [0.4, 0.5) is 11.4 Å². The molecular weight excluding hydrogens is 348 g/mol. The molecular formula is C21H21ClN2O2. The summed E-state index contributed by atoms with van der Waals surface area (Å²) < 4.78 is 5.22. The van der Waals surface area contributed by atoms with E-state index in [0.717, 1.165) is 34.1 Å². The van der Waals surface area contributed by atoms with Crippen LogP contribution in [0.2, 0.25) is 5.02 Å². The van der Waals surface area contributed by atoms with Crippen molar-refractivity contribution in [2.24, 2.45) is 0 Å². The molecule has 5 heteroatoms. The molecule has 3 aromatic rings. The minimum absolute atomic E-state index is 0.307. The Bertz CT molecular complexity index is 970. The third-order valence-electron chi connectivity index (χ3n) is 4.32. The van der Waals surface area contributed by atoms with E-state index >= 15 is 0 Å². The first-order valence-corrected chi connectivity index (χ1v) is 9.03. The summed E-state index contributed by atoms with van der Waals surface area (Å²) in [5, 5.41) is 4.90. The highest BCUT2D eigenvalue weighted by atomic mass is 35.5. The van der Waals surface area contributed by atoms with Gasteiger partial charge in [0.1, 0.15) is 5.56 Å². The Morgan fingerprint density at radius 1 is 1.23 bits per heavy atom. The van der Waals surface area contributed by atoms with E-state index in [9.17, 15) is 4.79 Å². The van der Waals surface area contributed by atoms with E-state index in [2.05, 4.69) is 17.2 Å². The Kier molecular flexibility index (Phi) is 5.43. The highest BCUT2D eigenvalue weighted by Crippen LogP contribution is 2.33. The highest BCUT2D eigenvalue weighted by Gasteiger charge is 2.18. The second-order valence-electron chi connectivity index (χ2n) is 6.02. The van der Waals surface area contributed by atoms with Gasteiger partial charge in [-0.2, -0.15) is 0 Å². The van der Waals surface area contributed by atoms with Gasteiger partial charge in [0.05, 0.1) is 17.8 Å². The van der Waals surface area contributed by atoms with Crippen molar-refractivity contribution in [3.8, 4) is 0 Å². The predicted octanol–water partition coefficient (Wildman–Crippen LogP) is 5.68. The number of ether oxygens (including phenoxy) is 1. The van der Waals surface area contributed by atoms with Crippen molar-refractivity contribution in [3.05, 3.63) is 64.3 Å². The van der Waals surface area contributed by atoms with E-state index in [1.807, 2.05) is 43.3 Å². The van der Waals surface area contributed by atoms with Crippen molar-refractivity contribution in [2.75, 3.05) is 11.9 Å². The Balaban J connectivity index is 2.23. The predicted molar refractivity (Wildman–Crippen MR) is 107 cm³/mol. The molecule has 3 rings (SSSR count). The number of anilines is 2. The molecule has 0 saturated carbocycles. The van der Waals surface area contributed by atoms with E-state index in [1.54, 1.807) is 13.1 Å². The summed E-state index contributed by atoms with van der Waals surface area (Å²) in [6, 6.07) is 11.6. The van der Waals surface area contributed by atoms with Gasteiger partial charge < -0.3 is 10.1 Å². The maximum absolute atomic E-state index is 12.5.